The highest BCUT2D eigenvalue weighted by Gasteiger charge is 2.33. The second-order valence-electron chi connectivity index (χ2n) is 8.53. The summed E-state index contributed by atoms with van der Waals surface area (Å²) >= 11 is 0. The highest BCUT2D eigenvalue weighted by Crippen LogP contribution is 2.36. The van der Waals surface area contributed by atoms with Crippen molar-refractivity contribution in [3.63, 3.8) is 0 Å². The maximum atomic E-state index is 13.1. The zero-order chi connectivity index (χ0) is 19.7. The summed E-state index contributed by atoms with van der Waals surface area (Å²) < 4.78 is 0. The molecule has 2 aromatic rings. The van der Waals surface area contributed by atoms with Gasteiger partial charge in [-0.2, -0.15) is 0 Å². The summed E-state index contributed by atoms with van der Waals surface area (Å²) in [5, 5.41) is 3.26. The maximum Gasteiger partial charge on any atom is 0.322 e. The van der Waals surface area contributed by atoms with Crippen LogP contribution in [0.15, 0.2) is 48.7 Å². The van der Waals surface area contributed by atoms with Crippen LogP contribution in [-0.2, 0) is 0 Å². The van der Waals surface area contributed by atoms with Crippen LogP contribution in [0.2, 0.25) is 0 Å². The summed E-state index contributed by atoms with van der Waals surface area (Å²) in [6, 6.07) is 14.2. The van der Waals surface area contributed by atoms with Gasteiger partial charge in [0.1, 0.15) is 5.82 Å². The molecular formula is C22H29N5O. The molecule has 1 aromatic heterocycles. The molecule has 0 spiro atoms. The number of pyridine rings is 1. The van der Waals surface area contributed by atoms with Crippen LogP contribution in [0.1, 0.15) is 27.2 Å². The van der Waals surface area contributed by atoms with E-state index in [4.69, 9.17) is 0 Å². The molecule has 0 unspecified atom stereocenters. The van der Waals surface area contributed by atoms with Crippen molar-refractivity contribution < 1.29 is 4.79 Å². The van der Waals surface area contributed by atoms with E-state index in [1.165, 1.54) is 0 Å². The smallest absolute Gasteiger partial charge is 0.322 e. The average molecular weight is 380 g/mol. The van der Waals surface area contributed by atoms with Crippen molar-refractivity contribution in [3.05, 3.63) is 48.7 Å². The molecule has 0 saturated carbocycles. The van der Waals surface area contributed by atoms with Crippen LogP contribution >= 0.6 is 0 Å². The highest BCUT2D eigenvalue weighted by molar-refractivity contribution is 5.97. The zero-order valence-corrected chi connectivity index (χ0v) is 16.9. The first-order chi connectivity index (χ1) is 13.4. The van der Waals surface area contributed by atoms with Gasteiger partial charge in [-0.05, 0) is 51.5 Å². The van der Waals surface area contributed by atoms with Crippen molar-refractivity contribution in [2.24, 2.45) is 0 Å². The lowest BCUT2D eigenvalue weighted by molar-refractivity contribution is 0.170. The van der Waals surface area contributed by atoms with Gasteiger partial charge < -0.3 is 10.2 Å². The molecule has 148 valence electrons. The molecule has 4 rings (SSSR count). The molecule has 28 heavy (non-hydrogen) atoms. The SMILES string of the molecule is CC(C)(C)N1CC[C@H](NC(=O)N2CCN(c3ccccn3)c3ccccc32)C1. The first kappa shape index (κ1) is 18.7. The summed E-state index contributed by atoms with van der Waals surface area (Å²) in [5.74, 6) is 0.909. The fraction of sp³-hybridized carbons (Fsp3) is 0.455. The summed E-state index contributed by atoms with van der Waals surface area (Å²) in [7, 11) is 0. The molecule has 2 aliphatic heterocycles. The fourth-order valence-electron chi connectivity index (χ4n) is 4.06. The molecule has 1 N–H and O–H groups in total. The number of amides is 2. The number of hydrogen-bond acceptors (Lipinski definition) is 4. The minimum atomic E-state index is -0.00567. The third-order valence-electron chi connectivity index (χ3n) is 5.65. The molecule has 1 saturated heterocycles. The number of aromatic nitrogens is 1. The largest absolute Gasteiger partial charge is 0.334 e. The number of fused-ring (bicyclic) bond motifs is 1. The average Bonchev–Trinajstić information content (AvgIpc) is 3.17. The Bertz CT molecular complexity index is 832. The van der Waals surface area contributed by atoms with E-state index in [1.807, 2.05) is 41.3 Å². The van der Waals surface area contributed by atoms with Gasteiger partial charge in [0, 0.05) is 44.0 Å². The van der Waals surface area contributed by atoms with Crippen LogP contribution in [0.25, 0.3) is 0 Å². The van der Waals surface area contributed by atoms with E-state index < -0.39 is 0 Å². The Morgan fingerprint density at radius 3 is 2.46 bits per heavy atom. The third-order valence-corrected chi connectivity index (χ3v) is 5.65. The van der Waals surface area contributed by atoms with Crippen LogP contribution in [0.5, 0.6) is 0 Å². The first-order valence-corrected chi connectivity index (χ1v) is 10.0. The van der Waals surface area contributed by atoms with Gasteiger partial charge in [-0.1, -0.05) is 18.2 Å². The Labute approximate surface area is 167 Å². The van der Waals surface area contributed by atoms with Crippen molar-refractivity contribution >= 4 is 23.2 Å². The number of rotatable bonds is 2. The number of carbonyl (C=O) groups excluding carboxylic acids is 1. The monoisotopic (exact) mass is 379 g/mol. The van der Waals surface area contributed by atoms with Gasteiger partial charge in [-0.25, -0.2) is 9.78 Å². The minimum absolute atomic E-state index is 0.00567. The molecule has 2 amide bonds. The number of para-hydroxylation sites is 2. The van der Waals surface area contributed by atoms with E-state index in [1.54, 1.807) is 6.20 Å². The molecule has 3 heterocycles. The predicted octanol–water partition coefficient (Wildman–Crippen LogP) is 3.62. The van der Waals surface area contributed by atoms with Crippen LogP contribution < -0.4 is 15.1 Å². The molecule has 0 bridgehead atoms. The number of nitrogens with zero attached hydrogens (tertiary/aromatic N) is 4. The highest BCUT2D eigenvalue weighted by atomic mass is 16.2. The molecular weight excluding hydrogens is 350 g/mol. The number of benzene rings is 1. The lowest BCUT2D eigenvalue weighted by atomic mass is 10.1. The quantitative estimate of drug-likeness (QED) is 0.866. The van der Waals surface area contributed by atoms with Crippen LogP contribution in [0.4, 0.5) is 22.0 Å². The number of urea groups is 1. The lowest BCUT2D eigenvalue weighted by Gasteiger charge is -2.37. The topological polar surface area (TPSA) is 51.7 Å². The Hall–Kier alpha value is -2.60. The minimum Gasteiger partial charge on any atom is -0.334 e. The summed E-state index contributed by atoms with van der Waals surface area (Å²) in [5.41, 5.74) is 2.09. The number of hydrogen-bond donors (Lipinski definition) is 1. The van der Waals surface area contributed by atoms with E-state index in [9.17, 15) is 4.79 Å². The number of anilines is 3. The fourth-order valence-corrected chi connectivity index (χ4v) is 4.06. The van der Waals surface area contributed by atoms with Crippen molar-refractivity contribution in [1.82, 2.24) is 15.2 Å². The van der Waals surface area contributed by atoms with E-state index >= 15 is 0 Å². The number of likely N-dealkylation sites (tertiary alicyclic amines) is 1. The van der Waals surface area contributed by atoms with Gasteiger partial charge in [0.15, 0.2) is 0 Å². The Morgan fingerprint density at radius 2 is 1.79 bits per heavy atom. The van der Waals surface area contributed by atoms with Crippen molar-refractivity contribution in [1.29, 1.82) is 0 Å². The van der Waals surface area contributed by atoms with Crippen LogP contribution in [-0.4, -0.2) is 53.7 Å². The van der Waals surface area contributed by atoms with Gasteiger partial charge in [0.25, 0.3) is 0 Å². The van der Waals surface area contributed by atoms with E-state index in [2.05, 4.69) is 46.9 Å². The zero-order valence-electron chi connectivity index (χ0n) is 16.9. The number of nitrogens with one attached hydrogen (secondary N) is 1. The van der Waals surface area contributed by atoms with E-state index in [0.29, 0.717) is 6.54 Å². The third kappa shape index (κ3) is 3.69. The first-order valence-electron chi connectivity index (χ1n) is 10.0. The Kier molecular flexibility index (Phi) is 4.98. The lowest BCUT2D eigenvalue weighted by Crippen LogP contribution is -2.51. The van der Waals surface area contributed by atoms with E-state index in [0.717, 1.165) is 43.2 Å². The summed E-state index contributed by atoms with van der Waals surface area (Å²) in [6.07, 6.45) is 2.80. The van der Waals surface area contributed by atoms with Gasteiger partial charge in [-0.15, -0.1) is 0 Å². The van der Waals surface area contributed by atoms with Crippen molar-refractivity contribution in [2.45, 2.75) is 38.8 Å². The van der Waals surface area contributed by atoms with Gasteiger partial charge in [-0.3, -0.25) is 9.80 Å². The molecule has 6 heteroatoms. The van der Waals surface area contributed by atoms with Gasteiger partial charge >= 0.3 is 6.03 Å². The van der Waals surface area contributed by atoms with Crippen molar-refractivity contribution in [3.8, 4) is 0 Å². The molecule has 0 aliphatic carbocycles. The molecule has 0 radical (unpaired) electrons. The maximum absolute atomic E-state index is 13.1. The number of carbonyl (C=O) groups is 1. The molecule has 1 fully saturated rings. The van der Waals surface area contributed by atoms with Gasteiger partial charge in [0.2, 0.25) is 0 Å². The summed E-state index contributed by atoms with van der Waals surface area (Å²) in [4.78, 5) is 24.0. The van der Waals surface area contributed by atoms with E-state index in [-0.39, 0.29) is 17.6 Å². The van der Waals surface area contributed by atoms with Crippen molar-refractivity contribution in [2.75, 3.05) is 36.0 Å². The van der Waals surface area contributed by atoms with Crippen LogP contribution in [0.3, 0.4) is 0 Å². The molecule has 1 atom stereocenters. The summed E-state index contributed by atoms with van der Waals surface area (Å²) in [6.45, 7) is 9.97. The second kappa shape index (κ2) is 7.43. The molecule has 2 aliphatic rings. The molecule has 6 nitrogen and oxygen atoms in total. The van der Waals surface area contributed by atoms with Crippen LogP contribution in [0, 0.1) is 0 Å². The normalized spacial score (nSPS) is 20.2. The van der Waals surface area contributed by atoms with Gasteiger partial charge in [0.05, 0.1) is 11.4 Å². The molecule has 1 aromatic carbocycles. The second-order valence-corrected chi connectivity index (χ2v) is 8.53. The standard InChI is InChI=1S/C22H29N5O/c1-22(2,3)25-13-11-17(16-25)24-21(28)27-15-14-26(20-10-6-7-12-23-20)18-8-4-5-9-19(18)27/h4-10,12,17H,11,13-16H2,1-3H3,(H,24,28)/t17-/m0/s1. The Morgan fingerprint density at radius 1 is 1.04 bits per heavy atom. The predicted molar refractivity (Wildman–Crippen MR) is 113 cm³/mol. The Balaban J connectivity index is 1.50.